The molecule has 0 fully saturated rings. The fourth-order valence-electron chi connectivity index (χ4n) is 3.62. The summed E-state index contributed by atoms with van der Waals surface area (Å²) in [5, 5.41) is 11.9. The molecular formula is C23H25N3O4S2. The van der Waals surface area contributed by atoms with E-state index in [1.54, 1.807) is 6.92 Å². The molecule has 0 atom stereocenters. The first-order valence-corrected chi connectivity index (χ1v) is 12.5. The SMILES string of the molecule is CCOC(=O)c1c(NC(=O)CSc2nnc(-c3ccc(C)cc3)o2)sc2c1CCCCC2. The topological polar surface area (TPSA) is 94.3 Å². The Hall–Kier alpha value is -2.65. The Labute approximate surface area is 195 Å². The van der Waals surface area contributed by atoms with Crippen molar-refractivity contribution in [2.45, 2.75) is 51.2 Å². The van der Waals surface area contributed by atoms with Crippen LogP contribution in [0.15, 0.2) is 33.9 Å². The van der Waals surface area contributed by atoms with E-state index < -0.39 is 0 Å². The Morgan fingerprint density at radius 3 is 2.72 bits per heavy atom. The van der Waals surface area contributed by atoms with Crippen LogP contribution in [-0.4, -0.2) is 34.4 Å². The molecule has 2 aromatic heterocycles. The summed E-state index contributed by atoms with van der Waals surface area (Å²) in [7, 11) is 0. The Bertz CT molecular complexity index is 1110. The first kappa shape index (κ1) is 22.5. The van der Waals surface area contributed by atoms with Gasteiger partial charge in [-0.15, -0.1) is 21.5 Å². The van der Waals surface area contributed by atoms with Gasteiger partial charge in [0.2, 0.25) is 11.8 Å². The van der Waals surface area contributed by atoms with Crippen LogP contribution in [0, 0.1) is 6.92 Å². The zero-order valence-electron chi connectivity index (χ0n) is 18.1. The summed E-state index contributed by atoms with van der Waals surface area (Å²) in [4.78, 5) is 26.4. The Morgan fingerprint density at radius 1 is 1.16 bits per heavy atom. The second kappa shape index (κ2) is 10.3. The van der Waals surface area contributed by atoms with Crippen LogP contribution in [0.4, 0.5) is 5.00 Å². The van der Waals surface area contributed by atoms with E-state index in [1.807, 2.05) is 31.2 Å². The number of thiophene rings is 1. The van der Waals surface area contributed by atoms with Gasteiger partial charge in [0.15, 0.2) is 0 Å². The van der Waals surface area contributed by atoms with Crippen LogP contribution >= 0.6 is 23.1 Å². The number of ether oxygens (including phenoxy) is 1. The van der Waals surface area contributed by atoms with Crippen LogP contribution in [0.3, 0.4) is 0 Å². The Kier molecular flexibility index (Phi) is 7.26. The van der Waals surface area contributed by atoms with Crippen molar-refractivity contribution in [1.29, 1.82) is 0 Å². The Balaban J connectivity index is 1.43. The van der Waals surface area contributed by atoms with Crippen molar-refractivity contribution in [3.63, 3.8) is 0 Å². The maximum Gasteiger partial charge on any atom is 0.341 e. The van der Waals surface area contributed by atoms with Gasteiger partial charge in [0.25, 0.3) is 5.22 Å². The third-order valence-electron chi connectivity index (χ3n) is 5.19. The molecule has 3 aromatic rings. The molecule has 4 rings (SSSR count). The third kappa shape index (κ3) is 5.21. The number of anilines is 1. The summed E-state index contributed by atoms with van der Waals surface area (Å²) in [5.41, 5.74) is 3.53. The van der Waals surface area contributed by atoms with Crippen molar-refractivity contribution >= 4 is 40.0 Å². The van der Waals surface area contributed by atoms with Gasteiger partial charge in [-0.25, -0.2) is 4.79 Å². The van der Waals surface area contributed by atoms with Crippen LogP contribution in [0.1, 0.15) is 52.5 Å². The predicted octanol–water partition coefficient (Wildman–Crippen LogP) is 5.28. The van der Waals surface area contributed by atoms with Crippen LogP contribution in [-0.2, 0) is 22.4 Å². The van der Waals surface area contributed by atoms with Crippen molar-refractivity contribution in [3.05, 3.63) is 45.8 Å². The largest absolute Gasteiger partial charge is 0.462 e. The molecule has 0 saturated carbocycles. The molecule has 0 saturated heterocycles. The van der Waals surface area contributed by atoms with Crippen LogP contribution in [0.5, 0.6) is 0 Å². The number of aryl methyl sites for hydroxylation is 2. The van der Waals surface area contributed by atoms with E-state index in [9.17, 15) is 9.59 Å². The molecule has 1 amide bonds. The van der Waals surface area contributed by atoms with E-state index in [4.69, 9.17) is 9.15 Å². The molecule has 1 aliphatic rings. The standard InChI is InChI=1S/C23H25N3O4S2/c1-3-29-22(28)19-16-7-5-4-6-8-17(16)32-21(19)24-18(27)13-31-23-26-25-20(30-23)15-11-9-14(2)10-12-15/h9-12H,3-8,13H2,1-2H3,(H,24,27). The highest BCUT2D eigenvalue weighted by Crippen LogP contribution is 2.38. The van der Waals surface area contributed by atoms with Gasteiger partial charge in [0, 0.05) is 10.4 Å². The van der Waals surface area contributed by atoms with Gasteiger partial charge in [-0.1, -0.05) is 35.9 Å². The fourth-order valence-corrected chi connectivity index (χ4v) is 5.48. The zero-order chi connectivity index (χ0) is 22.5. The fraction of sp³-hybridized carbons (Fsp3) is 0.391. The number of carbonyl (C=O) groups is 2. The average Bonchev–Trinajstić information content (AvgIpc) is 3.31. The van der Waals surface area contributed by atoms with E-state index >= 15 is 0 Å². The van der Waals surface area contributed by atoms with Gasteiger partial charge in [-0.05, 0) is 57.2 Å². The average molecular weight is 472 g/mol. The molecule has 0 aliphatic heterocycles. The number of nitrogens with zero attached hydrogens (tertiary/aromatic N) is 2. The van der Waals surface area contributed by atoms with E-state index in [-0.39, 0.29) is 17.6 Å². The van der Waals surface area contributed by atoms with Gasteiger partial charge in [0.05, 0.1) is 17.9 Å². The summed E-state index contributed by atoms with van der Waals surface area (Å²) >= 11 is 2.65. The second-order valence-corrected chi connectivity index (χ2v) is 9.60. The molecular weight excluding hydrogens is 446 g/mol. The van der Waals surface area contributed by atoms with Crippen LogP contribution in [0.2, 0.25) is 0 Å². The molecule has 9 heteroatoms. The molecule has 1 aliphatic carbocycles. The number of thioether (sulfide) groups is 1. The summed E-state index contributed by atoms with van der Waals surface area (Å²) in [6.45, 7) is 4.09. The number of carbonyl (C=O) groups excluding carboxylic acids is 2. The van der Waals surface area contributed by atoms with Crippen molar-refractivity contribution in [1.82, 2.24) is 10.2 Å². The number of hydrogen-bond acceptors (Lipinski definition) is 8. The molecule has 0 radical (unpaired) electrons. The first-order valence-electron chi connectivity index (χ1n) is 10.7. The van der Waals surface area contributed by atoms with Gasteiger partial charge < -0.3 is 14.5 Å². The summed E-state index contributed by atoms with van der Waals surface area (Å²) in [6, 6.07) is 7.79. The molecule has 0 unspecified atom stereocenters. The minimum absolute atomic E-state index is 0.0976. The lowest BCUT2D eigenvalue weighted by Gasteiger charge is -2.08. The van der Waals surface area contributed by atoms with Crippen molar-refractivity contribution in [3.8, 4) is 11.5 Å². The van der Waals surface area contributed by atoms with Gasteiger partial charge in [-0.3, -0.25) is 4.79 Å². The minimum atomic E-state index is -0.366. The van der Waals surface area contributed by atoms with Crippen molar-refractivity contribution < 1.29 is 18.7 Å². The highest BCUT2D eigenvalue weighted by atomic mass is 32.2. The number of aromatic nitrogens is 2. The maximum absolute atomic E-state index is 12.6. The molecule has 0 bridgehead atoms. The van der Waals surface area contributed by atoms with Gasteiger partial charge >= 0.3 is 5.97 Å². The molecule has 1 N–H and O–H groups in total. The van der Waals surface area contributed by atoms with Crippen LogP contribution in [0.25, 0.3) is 11.5 Å². The van der Waals surface area contributed by atoms with Gasteiger partial charge in [-0.2, -0.15) is 0 Å². The summed E-state index contributed by atoms with van der Waals surface area (Å²) in [6.07, 6.45) is 5.06. The van der Waals surface area contributed by atoms with Crippen molar-refractivity contribution in [2.75, 3.05) is 17.7 Å². The number of benzene rings is 1. The summed E-state index contributed by atoms with van der Waals surface area (Å²) < 4.78 is 10.9. The number of amides is 1. The smallest absolute Gasteiger partial charge is 0.341 e. The number of fused-ring (bicyclic) bond motifs is 1. The third-order valence-corrected chi connectivity index (χ3v) is 7.21. The number of nitrogens with one attached hydrogen (secondary N) is 1. The number of esters is 1. The molecule has 7 nitrogen and oxygen atoms in total. The van der Waals surface area contributed by atoms with Gasteiger partial charge in [0.1, 0.15) is 5.00 Å². The second-order valence-electron chi connectivity index (χ2n) is 7.57. The molecule has 32 heavy (non-hydrogen) atoms. The van der Waals surface area contributed by atoms with Crippen LogP contribution < -0.4 is 5.32 Å². The van der Waals surface area contributed by atoms with E-state index in [2.05, 4.69) is 15.5 Å². The lowest BCUT2D eigenvalue weighted by Crippen LogP contribution is -2.16. The predicted molar refractivity (Wildman–Crippen MR) is 125 cm³/mol. The van der Waals surface area contributed by atoms with E-state index in [1.165, 1.54) is 28.0 Å². The monoisotopic (exact) mass is 471 g/mol. The van der Waals surface area contributed by atoms with E-state index in [0.717, 1.165) is 48.8 Å². The first-order chi connectivity index (χ1) is 15.5. The lowest BCUT2D eigenvalue weighted by molar-refractivity contribution is -0.113. The minimum Gasteiger partial charge on any atom is -0.462 e. The highest BCUT2D eigenvalue weighted by Gasteiger charge is 2.26. The highest BCUT2D eigenvalue weighted by molar-refractivity contribution is 7.99. The quantitative estimate of drug-likeness (QED) is 0.284. The molecule has 168 valence electrons. The normalized spacial score (nSPS) is 13.3. The lowest BCUT2D eigenvalue weighted by atomic mass is 10.1. The molecule has 1 aromatic carbocycles. The number of rotatable bonds is 7. The Morgan fingerprint density at radius 2 is 1.94 bits per heavy atom. The maximum atomic E-state index is 12.6. The molecule has 2 heterocycles. The zero-order valence-corrected chi connectivity index (χ0v) is 19.7. The molecule has 0 spiro atoms. The van der Waals surface area contributed by atoms with Crippen molar-refractivity contribution in [2.24, 2.45) is 0 Å². The summed E-state index contributed by atoms with van der Waals surface area (Å²) in [5.74, 6) is -0.0820. The van der Waals surface area contributed by atoms with E-state index in [0.29, 0.717) is 28.3 Å². The number of hydrogen-bond donors (Lipinski definition) is 1.